The summed E-state index contributed by atoms with van der Waals surface area (Å²) >= 11 is 1.38. The Kier molecular flexibility index (Phi) is 4.46. The molecule has 0 spiro atoms. The van der Waals surface area contributed by atoms with E-state index in [4.69, 9.17) is 5.53 Å². The molecular formula is C7H9N5OS. The van der Waals surface area contributed by atoms with E-state index in [2.05, 4.69) is 20.3 Å². The molecule has 7 heteroatoms. The van der Waals surface area contributed by atoms with Crippen molar-refractivity contribution in [1.82, 2.24) is 10.3 Å². The lowest BCUT2D eigenvalue weighted by Gasteiger charge is -1.99. The second-order valence-corrected chi connectivity index (χ2v) is 3.16. The predicted octanol–water partition coefficient (Wildman–Crippen LogP) is 1.57. The molecular weight excluding hydrogens is 202 g/mol. The average Bonchev–Trinajstić information content (AvgIpc) is 2.70. The summed E-state index contributed by atoms with van der Waals surface area (Å²) in [6.07, 6.45) is 0.639. The number of rotatable bonds is 5. The molecule has 1 heterocycles. The fourth-order valence-corrected chi connectivity index (χ4v) is 1.34. The Bertz CT molecular complexity index is 330. The van der Waals surface area contributed by atoms with Crippen molar-refractivity contribution in [3.8, 4) is 0 Å². The molecule has 0 saturated carbocycles. The summed E-state index contributed by atoms with van der Waals surface area (Å²) in [4.78, 5) is 17.7. The first-order chi connectivity index (χ1) is 6.84. The van der Waals surface area contributed by atoms with Gasteiger partial charge >= 0.3 is 0 Å². The van der Waals surface area contributed by atoms with E-state index in [1.807, 2.05) is 0 Å². The first kappa shape index (κ1) is 10.5. The Balaban J connectivity index is 2.19. The van der Waals surface area contributed by atoms with Gasteiger partial charge in [-0.25, -0.2) is 4.98 Å². The molecule has 1 aromatic heterocycles. The van der Waals surface area contributed by atoms with Crippen molar-refractivity contribution < 1.29 is 4.79 Å². The largest absolute Gasteiger partial charge is 0.351 e. The molecule has 0 fully saturated rings. The highest BCUT2D eigenvalue weighted by Gasteiger charge is 2.05. The molecule has 6 nitrogen and oxygen atoms in total. The van der Waals surface area contributed by atoms with Gasteiger partial charge in [0.15, 0.2) is 0 Å². The van der Waals surface area contributed by atoms with Crippen LogP contribution in [0.2, 0.25) is 0 Å². The van der Waals surface area contributed by atoms with Crippen LogP contribution >= 0.6 is 11.3 Å². The maximum atomic E-state index is 11.3. The Labute approximate surface area is 84.6 Å². The number of carbonyl (C=O) groups excluding carboxylic acids is 1. The van der Waals surface area contributed by atoms with Crippen molar-refractivity contribution in [3.63, 3.8) is 0 Å². The van der Waals surface area contributed by atoms with Crippen LogP contribution in [-0.2, 0) is 0 Å². The van der Waals surface area contributed by atoms with Crippen LogP contribution in [-0.4, -0.2) is 24.0 Å². The van der Waals surface area contributed by atoms with Crippen molar-refractivity contribution in [1.29, 1.82) is 0 Å². The van der Waals surface area contributed by atoms with Gasteiger partial charge in [0, 0.05) is 23.4 Å². The maximum absolute atomic E-state index is 11.3. The summed E-state index contributed by atoms with van der Waals surface area (Å²) in [5.74, 6) is -0.188. The van der Waals surface area contributed by atoms with Gasteiger partial charge in [0.05, 0.1) is 5.51 Å². The molecule has 1 rings (SSSR count). The zero-order chi connectivity index (χ0) is 10.2. The van der Waals surface area contributed by atoms with Gasteiger partial charge in [0.2, 0.25) is 0 Å². The Morgan fingerprint density at radius 3 is 3.29 bits per heavy atom. The van der Waals surface area contributed by atoms with Crippen LogP contribution in [0.15, 0.2) is 16.0 Å². The number of hydrogen-bond donors (Lipinski definition) is 1. The monoisotopic (exact) mass is 211 g/mol. The number of thiazole rings is 1. The zero-order valence-electron chi connectivity index (χ0n) is 7.38. The third-order valence-corrected chi connectivity index (χ3v) is 2.04. The molecule has 0 aliphatic heterocycles. The van der Waals surface area contributed by atoms with Crippen LogP contribution in [0.5, 0.6) is 0 Å². The lowest BCUT2D eigenvalue weighted by molar-refractivity contribution is 0.0949. The highest BCUT2D eigenvalue weighted by Crippen LogP contribution is 1.99. The number of nitrogens with one attached hydrogen (secondary N) is 1. The minimum absolute atomic E-state index is 0.188. The lowest BCUT2D eigenvalue weighted by atomic mass is 10.4. The minimum Gasteiger partial charge on any atom is -0.351 e. The van der Waals surface area contributed by atoms with Crippen molar-refractivity contribution in [2.45, 2.75) is 6.42 Å². The number of hydrogen-bond acceptors (Lipinski definition) is 4. The number of nitrogens with zero attached hydrogens (tertiary/aromatic N) is 4. The lowest BCUT2D eigenvalue weighted by Crippen LogP contribution is -2.25. The van der Waals surface area contributed by atoms with E-state index >= 15 is 0 Å². The number of carbonyl (C=O) groups is 1. The van der Waals surface area contributed by atoms with Crippen LogP contribution in [0.1, 0.15) is 16.9 Å². The molecule has 1 amide bonds. The zero-order valence-corrected chi connectivity index (χ0v) is 8.20. The number of azide groups is 1. The van der Waals surface area contributed by atoms with Gasteiger partial charge in [0.1, 0.15) is 5.69 Å². The molecule has 0 aromatic carbocycles. The molecule has 0 atom stereocenters. The summed E-state index contributed by atoms with van der Waals surface area (Å²) in [5, 5.41) is 7.70. The van der Waals surface area contributed by atoms with E-state index in [0.29, 0.717) is 25.2 Å². The first-order valence-electron chi connectivity index (χ1n) is 4.02. The maximum Gasteiger partial charge on any atom is 0.270 e. The minimum atomic E-state index is -0.188. The van der Waals surface area contributed by atoms with E-state index in [1.165, 1.54) is 11.3 Å². The molecule has 0 unspecified atom stereocenters. The Morgan fingerprint density at radius 1 is 1.79 bits per heavy atom. The average molecular weight is 211 g/mol. The van der Waals surface area contributed by atoms with Gasteiger partial charge in [-0.3, -0.25) is 4.79 Å². The summed E-state index contributed by atoms with van der Waals surface area (Å²) in [5.41, 5.74) is 10.0. The standard InChI is InChI=1S/C7H9N5OS/c8-12-11-3-1-2-9-7(13)6-4-14-5-10-6/h4-5H,1-3H2,(H,9,13). The van der Waals surface area contributed by atoms with E-state index in [1.54, 1.807) is 10.9 Å². The van der Waals surface area contributed by atoms with Crippen LogP contribution in [0, 0.1) is 0 Å². The molecule has 1 N–H and O–H groups in total. The van der Waals surface area contributed by atoms with Crippen LogP contribution in [0.4, 0.5) is 0 Å². The predicted molar refractivity (Wildman–Crippen MR) is 53.1 cm³/mol. The number of aromatic nitrogens is 1. The van der Waals surface area contributed by atoms with Crippen molar-refractivity contribution >= 4 is 17.2 Å². The molecule has 0 radical (unpaired) electrons. The van der Waals surface area contributed by atoms with Gasteiger partial charge in [-0.15, -0.1) is 11.3 Å². The second kappa shape index (κ2) is 5.95. The Hall–Kier alpha value is -1.59. The molecule has 14 heavy (non-hydrogen) atoms. The molecule has 74 valence electrons. The van der Waals surface area contributed by atoms with Gasteiger partial charge in [0.25, 0.3) is 5.91 Å². The highest BCUT2D eigenvalue weighted by molar-refractivity contribution is 7.07. The van der Waals surface area contributed by atoms with Gasteiger partial charge in [-0.05, 0) is 12.0 Å². The Morgan fingerprint density at radius 2 is 2.64 bits per heavy atom. The summed E-state index contributed by atoms with van der Waals surface area (Å²) in [6, 6.07) is 0. The van der Waals surface area contributed by atoms with Crippen molar-refractivity contribution in [2.75, 3.05) is 13.1 Å². The molecule has 0 saturated heterocycles. The topological polar surface area (TPSA) is 90.8 Å². The van der Waals surface area contributed by atoms with Crippen molar-refractivity contribution in [3.05, 3.63) is 27.0 Å². The molecule has 0 aliphatic carbocycles. The van der Waals surface area contributed by atoms with Crippen LogP contribution in [0.3, 0.4) is 0 Å². The first-order valence-corrected chi connectivity index (χ1v) is 4.96. The summed E-state index contributed by atoms with van der Waals surface area (Å²) in [6.45, 7) is 0.892. The third-order valence-electron chi connectivity index (χ3n) is 1.45. The highest BCUT2D eigenvalue weighted by atomic mass is 32.1. The van der Waals surface area contributed by atoms with E-state index in [0.717, 1.165) is 0 Å². The molecule has 1 aromatic rings. The second-order valence-electron chi connectivity index (χ2n) is 2.44. The fraction of sp³-hybridized carbons (Fsp3) is 0.429. The quantitative estimate of drug-likeness (QED) is 0.346. The SMILES string of the molecule is [N-]=[N+]=NCCCNC(=O)c1cscn1. The fourth-order valence-electron chi connectivity index (χ4n) is 0.812. The summed E-state index contributed by atoms with van der Waals surface area (Å²) in [7, 11) is 0. The van der Waals surface area contributed by atoms with Gasteiger partial charge in [-0.2, -0.15) is 0 Å². The van der Waals surface area contributed by atoms with Crippen molar-refractivity contribution in [2.24, 2.45) is 5.11 Å². The number of amides is 1. The third kappa shape index (κ3) is 3.42. The van der Waals surface area contributed by atoms with Crippen LogP contribution in [0.25, 0.3) is 10.4 Å². The van der Waals surface area contributed by atoms with E-state index in [-0.39, 0.29) is 5.91 Å². The van der Waals surface area contributed by atoms with E-state index < -0.39 is 0 Å². The normalized spacial score (nSPS) is 9.14. The smallest absolute Gasteiger partial charge is 0.270 e. The molecule has 0 bridgehead atoms. The summed E-state index contributed by atoms with van der Waals surface area (Å²) < 4.78 is 0. The van der Waals surface area contributed by atoms with Crippen LogP contribution < -0.4 is 5.32 Å². The van der Waals surface area contributed by atoms with E-state index in [9.17, 15) is 4.79 Å². The molecule has 0 aliphatic rings. The van der Waals surface area contributed by atoms with Gasteiger partial charge in [-0.1, -0.05) is 5.11 Å². The van der Waals surface area contributed by atoms with Gasteiger partial charge < -0.3 is 5.32 Å².